The molecule has 138 valence electrons. The molecule has 2 heterocycles. The topological polar surface area (TPSA) is 53.6 Å². The van der Waals surface area contributed by atoms with E-state index in [1.54, 1.807) is 6.07 Å². The number of nitrogens with one attached hydrogen (secondary N) is 2. The number of piperidine rings is 1. The molecule has 0 bridgehead atoms. The first-order valence-electron chi connectivity index (χ1n) is 9.13. The van der Waals surface area contributed by atoms with E-state index in [0.717, 1.165) is 25.9 Å². The summed E-state index contributed by atoms with van der Waals surface area (Å²) in [5.74, 6) is -0.360. The van der Waals surface area contributed by atoms with Gasteiger partial charge < -0.3 is 15.4 Å². The first-order chi connectivity index (χ1) is 12.1. The molecule has 1 amide bonds. The highest BCUT2D eigenvalue weighted by Crippen LogP contribution is 2.28. The van der Waals surface area contributed by atoms with Crippen LogP contribution in [0.25, 0.3) is 0 Å². The number of carbonyl (C=O) groups excluding carboxylic acids is 1. The van der Waals surface area contributed by atoms with Crippen LogP contribution >= 0.6 is 0 Å². The van der Waals surface area contributed by atoms with E-state index in [2.05, 4.69) is 22.5 Å². The standard InChI is InChI=1S/C19H28FN3O2/c1-19(5-7-21-8-6-19)14-22-18(24)17(23-9-11-25-12-10-23)15-3-2-4-16(20)13-15/h2-4,13,17,21H,5-12,14H2,1H3,(H,22,24). The smallest absolute Gasteiger partial charge is 0.241 e. The first kappa shape index (κ1) is 18.3. The minimum atomic E-state index is -0.468. The zero-order valence-electron chi connectivity index (χ0n) is 14.9. The van der Waals surface area contributed by atoms with Gasteiger partial charge in [0.15, 0.2) is 0 Å². The lowest BCUT2D eigenvalue weighted by Gasteiger charge is -2.37. The lowest BCUT2D eigenvalue weighted by Crippen LogP contribution is -2.49. The Labute approximate surface area is 148 Å². The third kappa shape index (κ3) is 4.77. The van der Waals surface area contributed by atoms with E-state index in [1.165, 1.54) is 12.1 Å². The van der Waals surface area contributed by atoms with E-state index in [0.29, 0.717) is 38.4 Å². The number of morpholine rings is 1. The van der Waals surface area contributed by atoms with Crippen LogP contribution in [0.3, 0.4) is 0 Å². The molecule has 1 unspecified atom stereocenters. The minimum absolute atomic E-state index is 0.0488. The Kier molecular flexibility index (Phi) is 6.04. The highest BCUT2D eigenvalue weighted by molar-refractivity contribution is 5.83. The van der Waals surface area contributed by atoms with Crippen molar-refractivity contribution in [3.63, 3.8) is 0 Å². The van der Waals surface area contributed by atoms with Gasteiger partial charge in [0, 0.05) is 19.6 Å². The zero-order valence-corrected chi connectivity index (χ0v) is 14.9. The Morgan fingerprint density at radius 1 is 1.36 bits per heavy atom. The second-order valence-corrected chi connectivity index (χ2v) is 7.38. The normalized spacial score (nSPS) is 22.3. The summed E-state index contributed by atoms with van der Waals surface area (Å²) in [4.78, 5) is 15.1. The minimum Gasteiger partial charge on any atom is -0.379 e. The summed E-state index contributed by atoms with van der Waals surface area (Å²) in [5, 5.41) is 6.49. The number of carbonyl (C=O) groups is 1. The molecule has 0 radical (unpaired) electrons. The molecule has 3 rings (SSSR count). The van der Waals surface area contributed by atoms with E-state index >= 15 is 0 Å². The van der Waals surface area contributed by atoms with Gasteiger partial charge in [-0.25, -0.2) is 4.39 Å². The Balaban J connectivity index is 1.72. The molecule has 0 saturated carbocycles. The second kappa shape index (κ2) is 8.25. The predicted octanol–water partition coefficient (Wildman–Crippen LogP) is 1.70. The van der Waals surface area contributed by atoms with Crippen molar-refractivity contribution in [2.75, 3.05) is 45.9 Å². The highest BCUT2D eigenvalue weighted by atomic mass is 19.1. The van der Waals surface area contributed by atoms with Gasteiger partial charge in [-0.05, 0) is 49.0 Å². The maximum Gasteiger partial charge on any atom is 0.241 e. The molecule has 2 saturated heterocycles. The number of rotatable bonds is 5. The molecule has 2 N–H and O–H groups in total. The largest absolute Gasteiger partial charge is 0.379 e. The molecule has 1 atom stereocenters. The van der Waals surface area contributed by atoms with Gasteiger partial charge in [-0.2, -0.15) is 0 Å². The van der Waals surface area contributed by atoms with Crippen LogP contribution in [0.1, 0.15) is 31.4 Å². The van der Waals surface area contributed by atoms with Crippen molar-refractivity contribution in [3.8, 4) is 0 Å². The Morgan fingerprint density at radius 2 is 2.08 bits per heavy atom. The SMILES string of the molecule is CC1(CNC(=O)C(c2cccc(F)c2)N2CCOCC2)CCNCC1. The molecule has 0 aliphatic carbocycles. The maximum absolute atomic E-state index is 13.7. The highest BCUT2D eigenvalue weighted by Gasteiger charge is 2.32. The lowest BCUT2D eigenvalue weighted by atomic mass is 9.81. The van der Waals surface area contributed by atoms with Crippen LogP contribution in [0.4, 0.5) is 4.39 Å². The number of nitrogens with zero attached hydrogens (tertiary/aromatic N) is 1. The molecule has 6 heteroatoms. The summed E-state index contributed by atoms with van der Waals surface area (Å²) in [6, 6.07) is 5.90. The van der Waals surface area contributed by atoms with Crippen molar-refractivity contribution in [1.29, 1.82) is 0 Å². The van der Waals surface area contributed by atoms with Gasteiger partial charge in [0.2, 0.25) is 5.91 Å². The van der Waals surface area contributed by atoms with Crippen LogP contribution in [0.2, 0.25) is 0 Å². The van der Waals surface area contributed by atoms with Gasteiger partial charge in [-0.1, -0.05) is 19.1 Å². The van der Waals surface area contributed by atoms with Crippen LogP contribution in [0, 0.1) is 11.2 Å². The third-order valence-electron chi connectivity index (χ3n) is 5.32. The summed E-state index contributed by atoms with van der Waals surface area (Å²) in [6.45, 7) is 7.41. The first-order valence-corrected chi connectivity index (χ1v) is 9.13. The number of benzene rings is 1. The van der Waals surface area contributed by atoms with E-state index in [4.69, 9.17) is 4.74 Å². The van der Waals surface area contributed by atoms with Gasteiger partial charge in [-0.15, -0.1) is 0 Å². The number of hydrogen-bond acceptors (Lipinski definition) is 4. The van der Waals surface area contributed by atoms with Crippen molar-refractivity contribution < 1.29 is 13.9 Å². The fourth-order valence-corrected chi connectivity index (χ4v) is 3.64. The van der Waals surface area contributed by atoms with Crippen LogP contribution in [0.5, 0.6) is 0 Å². The molecule has 0 spiro atoms. The molecule has 0 aromatic heterocycles. The van der Waals surface area contributed by atoms with Crippen LogP contribution < -0.4 is 10.6 Å². The fourth-order valence-electron chi connectivity index (χ4n) is 3.64. The van der Waals surface area contributed by atoms with Crippen molar-refractivity contribution >= 4 is 5.91 Å². The van der Waals surface area contributed by atoms with Crippen molar-refractivity contribution in [2.24, 2.45) is 5.41 Å². The summed E-state index contributed by atoms with van der Waals surface area (Å²) in [6.07, 6.45) is 2.10. The molecular formula is C19H28FN3O2. The molecule has 1 aromatic carbocycles. The number of amides is 1. The lowest BCUT2D eigenvalue weighted by molar-refractivity contribution is -0.129. The summed E-state index contributed by atoms with van der Waals surface area (Å²) < 4.78 is 19.1. The predicted molar refractivity (Wildman–Crippen MR) is 94.8 cm³/mol. The van der Waals surface area contributed by atoms with Gasteiger partial charge >= 0.3 is 0 Å². The molecule has 1 aromatic rings. The molecule has 2 aliphatic rings. The zero-order chi connectivity index (χ0) is 17.7. The maximum atomic E-state index is 13.7. The van der Waals surface area contributed by atoms with Crippen molar-refractivity contribution in [2.45, 2.75) is 25.8 Å². The van der Waals surface area contributed by atoms with E-state index in [1.807, 2.05) is 6.07 Å². The summed E-state index contributed by atoms with van der Waals surface area (Å²) in [7, 11) is 0. The van der Waals surface area contributed by atoms with Crippen molar-refractivity contribution in [1.82, 2.24) is 15.5 Å². The molecule has 25 heavy (non-hydrogen) atoms. The van der Waals surface area contributed by atoms with Gasteiger partial charge in [0.05, 0.1) is 13.2 Å². The number of hydrogen-bond donors (Lipinski definition) is 2. The molecule has 2 fully saturated rings. The quantitative estimate of drug-likeness (QED) is 0.850. The van der Waals surface area contributed by atoms with Gasteiger partial charge in [-0.3, -0.25) is 9.69 Å². The van der Waals surface area contributed by atoms with E-state index in [9.17, 15) is 9.18 Å². The van der Waals surface area contributed by atoms with Crippen molar-refractivity contribution in [3.05, 3.63) is 35.6 Å². The molecular weight excluding hydrogens is 321 g/mol. The van der Waals surface area contributed by atoms with Gasteiger partial charge in [0.25, 0.3) is 0 Å². The monoisotopic (exact) mass is 349 g/mol. The summed E-state index contributed by atoms with van der Waals surface area (Å²) >= 11 is 0. The fraction of sp³-hybridized carbons (Fsp3) is 0.632. The van der Waals surface area contributed by atoms with Crippen LogP contribution in [0.15, 0.2) is 24.3 Å². The Bertz CT molecular complexity index is 584. The Morgan fingerprint density at radius 3 is 2.76 bits per heavy atom. The average Bonchev–Trinajstić information content (AvgIpc) is 2.62. The second-order valence-electron chi connectivity index (χ2n) is 7.38. The van der Waals surface area contributed by atoms with E-state index < -0.39 is 6.04 Å². The molecule has 5 nitrogen and oxygen atoms in total. The third-order valence-corrected chi connectivity index (χ3v) is 5.32. The van der Waals surface area contributed by atoms with E-state index in [-0.39, 0.29) is 17.1 Å². The Hall–Kier alpha value is -1.50. The number of halogens is 1. The summed E-state index contributed by atoms with van der Waals surface area (Å²) in [5.41, 5.74) is 0.827. The van der Waals surface area contributed by atoms with Crippen LogP contribution in [-0.4, -0.2) is 56.7 Å². The van der Waals surface area contributed by atoms with Crippen LogP contribution in [-0.2, 0) is 9.53 Å². The average molecular weight is 349 g/mol. The van der Waals surface area contributed by atoms with Gasteiger partial charge in [0.1, 0.15) is 11.9 Å². The molecule has 2 aliphatic heterocycles. The number of ether oxygens (including phenoxy) is 1.